The number of rotatable bonds is 5. The predicted molar refractivity (Wildman–Crippen MR) is 106 cm³/mol. The fourth-order valence-electron chi connectivity index (χ4n) is 3.35. The monoisotopic (exact) mass is 424 g/mol. The molecule has 1 saturated heterocycles. The van der Waals surface area contributed by atoms with Gasteiger partial charge >= 0.3 is 0 Å². The average Bonchev–Trinajstić information content (AvgIpc) is 2.69. The summed E-state index contributed by atoms with van der Waals surface area (Å²) in [6.45, 7) is 1.01. The van der Waals surface area contributed by atoms with Gasteiger partial charge < -0.3 is 4.90 Å². The smallest absolute Gasteiger partial charge is 0.243 e. The van der Waals surface area contributed by atoms with E-state index in [1.165, 1.54) is 16.4 Å². The summed E-state index contributed by atoms with van der Waals surface area (Å²) in [7, 11) is -1.92. The lowest BCUT2D eigenvalue weighted by Crippen LogP contribution is -2.43. The molecule has 28 heavy (non-hydrogen) atoms. The first-order chi connectivity index (χ1) is 13.3. The van der Waals surface area contributed by atoms with Crippen LogP contribution in [0.1, 0.15) is 18.4 Å². The zero-order valence-electron chi connectivity index (χ0n) is 15.5. The van der Waals surface area contributed by atoms with Crippen molar-refractivity contribution in [2.45, 2.75) is 24.3 Å². The van der Waals surface area contributed by atoms with E-state index < -0.39 is 15.8 Å². The molecule has 2 aromatic carbocycles. The molecular weight excluding hydrogens is 403 g/mol. The number of piperidine rings is 1. The molecule has 0 atom stereocenters. The van der Waals surface area contributed by atoms with Gasteiger partial charge in [0.1, 0.15) is 5.82 Å². The lowest BCUT2D eigenvalue weighted by Gasteiger charge is -2.32. The molecule has 150 valence electrons. The fraction of sp³-hybridized carbons (Fsp3) is 0.350. The lowest BCUT2D eigenvalue weighted by atomic mass is 9.96. The number of halogens is 2. The normalized spacial score (nSPS) is 16.1. The Kier molecular flexibility index (Phi) is 6.37. The third-order valence-electron chi connectivity index (χ3n) is 4.96. The number of nitrogens with zero attached hydrogens (tertiary/aromatic N) is 2. The van der Waals surface area contributed by atoms with E-state index in [-0.39, 0.29) is 29.8 Å². The van der Waals surface area contributed by atoms with Gasteiger partial charge in [0.2, 0.25) is 15.9 Å². The zero-order chi connectivity index (χ0) is 20.3. The van der Waals surface area contributed by atoms with Gasteiger partial charge in [-0.2, -0.15) is 4.31 Å². The molecular formula is C20H22ClFN2O3S. The average molecular weight is 425 g/mol. The maximum Gasteiger partial charge on any atom is 0.243 e. The maximum absolute atomic E-state index is 13.1. The van der Waals surface area contributed by atoms with Crippen molar-refractivity contribution in [2.24, 2.45) is 5.92 Å². The molecule has 0 aromatic heterocycles. The lowest BCUT2D eigenvalue weighted by molar-refractivity contribution is -0.135. The van der Waals surface area contributed by atoms with Crippen LogP contribution in [0.3, 0.4) is 0 Å². The van der Waals surface area contributed by atoms with Crippen molar-refractivity contribution in [1.29, 1.82) is 0 Å². The molecule has 1 fully saturated rings. The van der Waals surface area contributed by atoms with Gasteiger partial charge in [0.05, 0.1) is 4.90 Å². The number of hydrogen-bond acceptors (Lipinski definition) is 3. The summed E-state index contributed by atoms with van der Waals surface area (Å²) in [4.78, 5) is 14.5. The Labute approximate surface area is 169 Å². The largest absolute Gasteiger partial charge is 0.341 e. The molecule has 1 aliphatic rings. The van der Waals surface area contributed by atoms with Gasteiger partial charge in [-0.3, -0.25) is 4.79 Å². The molecule has 0 spiro atoms. The van der Waals surface area contributed by atoms with Crippen LogP contribution < -0.4 is 0 Å². The van der Waals surface area contributed by atoms with E-state index in [0.29, 0.717) is 24.4 Å². The summed E-state index contributed by atoms with van der Waals surface area (Å²) in [6, 6.07) is 12.1. The highest BCUT2D eigenvalue weighted by molar-refractivity contribution is 7.89. The first-order valence-electron chi connectivity index (χ1n) is 9.02. The quantitative estimate of drug-likeness (QED) is 0.737. The minimum Gasteiger partial charge on any atom is -0.341 e. The summed E-state index contributed by atoms with van der Waals surface area (Å²) >= 11 is 5.88. The van der Waals surface area contributed by atoms with Crippen molar-refractivity contribution >= 4 is 27.5 Å². The van der Waals surface area contributed by atoms with Gasteiger partial charge in [-0.05, 0) is 54.8 Å². The second kappa shape index (κ2) is 8.59. The number of benzene rings is 2. The molecule has 3 rings (SSSR count). The van der Waals surface area contributed by atoms with Gasteiger partial charge in [-0.1, -0.05) is 23.7 Å². The van der Waals surface area contributed by atoms with Crippen LogP contribution >= 0.6 is 11.6 Å². The Morgan fingerprint density at radius 2 is 1.68 bits per heavy atom. The molecule has 0 saturated carbocycles. The van der Waals surface area contributed by atoms with Crippen molar-refractivity contribution in [1.82, 2.24) is 9.21 Å². The summed E-state index contributed by atoms with van der Waals surface area (Å²) in [5.74, 6) is -0.683. The zero-order valence-corrected chi connectivity index (χ0v) is 17.1. The van der Waals surface area contributed by atoms with Crippen molar-refractivity contribution in [3.8, 4) is 0 Å². The SMILES string of the molecule is CN(Cc1ccc(Cl)cc1)C(=O)C1CCN(S(=O)(=O)c2ccc(F)cc2)CC1. The molecule has 0 unspecified atom stereocenters. The van der Waals surface area contributed by atoms with E-state index in [1.807, 2.05) is 12.1 Å². The second-order valence-corrected chi connectivity index (χ2v) is 9.33. The van der Waals surface area contributed by atoms with Crippen LogP contribution in [0.2, 0.25) is 5.02 Å². The number of hydrogen-bond donors (Lipinski definition) is 0. The van der Waals surface area contributed by atoms with Crippen molar-refractivity contribution in [3.63, 3.8) is 0 Å². The third kappa shape index (κ3) is 4.71. The summed E-state index contributed by atoms with van der Waals surface area (Å²) in [5, 5.41) is 0.646. The van der Waals surface area contributed by atoms with Gasteiger partial charge in [0, 0.05) is 37.6 Å². The van der Waals surface area contributed by atoms with E-state index >= 15 is 0 Å². The Bertz CT molecular complexity index is 925. The standard InChI is InChI=1S/C20H22ClFN2O3S/c1-23(14-15-2-4-17(21)5-3-15)20(25)16-10-12-24(13-11-16)28(26,27)19-8-6-18(22)7-9-19/h2-9,16H,10-14H2,1H3. The van der Waals surface area contributed by atoms with Gasteiger partial charge in [-0.25, -0.2) is 12.8 Å². The molecule has 0 N–H and O–H groups in total. The number of sulfonamides is 1. The van der Waals surface area contributed by atoms with Crippen LogP contribution in [-0.2, 0) is 21.4 Å². The first kappa shape index (κ1) is 20.8. The van der Waals surface area contributed by atoms with E-state index in [2.05, 4.69) is 0 Å². The van der Waals surface area contributed by atoms with Crippen LogP contribution in [-0.4, -0.2) is 43.7 Å². The highest BCUT2D eigenvalue weighted by atomic mass is 35.5. The van der Waals surface area contributed by atoms with E-state index in [9.17, 15) is 17.6 Å². The van der Waals surface area contributed by atoms with E-state index in [4.69, 9.17) is 11.6 Å². The van der Waals surface area contributed by atoms with Crippen molar-refractivity contribution < 1.29 is 17.6 Å². The maximum atomic E-state index is 13.1. The van der Waals surface area contributed by atoms with Gasteiger partial charge in [-0.15, -0.1) is 0 Å². The summed E-state index contributed by atoms with van der Waals surface area (Å²) in [6.07, 6.45) is 0.925. The third-order valence-corrected chi connectivity index (χ3v) is 7.13. The Morgan fingerprint density at radius 1 is 1.11 bits per heavy atom. The molecule has 0 aliphatic carbocycles. The Hall–Kier alpha value is -1.96. The van der Waals surface area contributed by atoms with Gasteiger partial charge in [0.25, 0.3) is 0 Å². The predicted octanol–water partition coefficient (Wildman–Crippen LogP) is 3.54. The molecule has 0 radical (unpaired) electrons. The van der Waals surface area contributed by atoms with Crippen LogP contribution in [0.4, 0.5) is 4.39 Å². The summed E-state index contributed by atoms with van der Waals surface area (Å²) in [5.41, 5.74) is 0.983. The van der Waals surface area contributed by atoms with Crippen LogP contribution in [0.5, 0.6) is 0 Å². The minimum atomic E-state index is -3.67. The molecule has 1 aliphatic heterocycles. The number of amides is 1. The Morgan fingerprint density at radius 3 is 2.25 bits per heavy atom. The summed E-state index contributed by atoms with van der Waals surface area (Å²) < 4.78 is 39.8. The highest BCUT2D eigenvalue weighted by Crippen LogP contribution is 2.25. The number of carbonyl (C=O) groups excluding carboxylic acids is 1. The fourth-order valence-corrected chi connectivity index (χ4v) is 4.95. The van der Waals surface area contributed by atoms with Gasteiger partial charge in [0.15, 0.2) is 0 Å². The van der Waals surface area contributed by atoms with E-state index in [0.717, 1.165) is 17.7 Å². The number of carbonyl (C=O) groups is 1. The minimum absolute atomic E-state index is 0.00813. The highest BCUT2D eigenvalue weighted by Gasteiger charge is 2.33. The molecule has 8 heteroatoms. The topological polar surface area (TPSA) is 57.7 Å². The first-order valence-corrected chi connectivity index (χ1v) is 10.8. The molecule has 1 heterocycles. The second-order valence-electron chi connectivity index (χ2n) is 6.95. The van der Waals surface area contributed by atoms with Crippen molar-refractivity contribution in [2.75, 3.05) is 20.1 Å². The van der Waals surface area contributed by atoms with E-state index in [1.54, 1.807) is 24.1 Å². The Balaban J connectivity index is 1.58. The molecule has 5 nitrogen and oxygen atoms in total. The van der Waals surface area contributed by atoms with Crippen LogP contribution in [0.25, 0.3) is 0 Å². The molecule has 1 amide bonds. The van der Waals surface area contributed by atoms with Crippen LogP contribution in [0.15, 0.2) is 53.4 Å². The molecule has 2 aromatic rings. The molecule has 0 bridgehead atoms. The van der Waals surface area contributed by atoms with Crippen molar-refractivity contribution in [3.05, 3.63) is 64.9 Å². The van der Waals surface area contributed by atoms with Crippen LogP contribution in [0, 0.1) is 11.7 Å².